The van der Waals surface area contributed by atoms with E-state index in [2.05, 4.69) is 4.98 Å². The van der Waals surface area contributed by atoms with Crippen molar-refractivity contribution in [3.05, 3.63) is 23.0 Å². The lowest BCUT2D eigenvalue weighted by Gasteiger charge is -2.32. The number of aromatic nitrogens is 1. The fraction of sp³-hybridized carbons (Fsp3) is 0.643. The van der Waals surface area contributed by atoms with Gasteiger partial charge < -0.3 is 14.0 Å². The standard InChI is InChI=1S/C14H19BClNO3/c1-13(2)14(3,4)20-15(19-13)10-5-6-17-12(11(10)16)9-7-18-8-9/h5-6,9H,7-8H2,1-4H3. The molecule has 0 radical (unpaired) electrons. The van der Waals surface area contributed by atoms with Gasteiger partial charge in [0.05, 0.1) is 35.1 Å². The van der Waals surface area contributed by atoms with Gasteiger partial charge >= 0.3 is 7.12 Å². The van der Waals surface area contributed by atoms with Crippen LogP contribution in [0.4, 0.5) is 0 Å². The molecule has 2 aliphatic heterocycles. The number of hydrogen-bond donors (Lipinski definition) is 0. The van der Waals surface area contributed by atoms with E-state index in [1.54, 1.807) is 6.20 Å². The van der Waals surface area contributed by atoms with Crippen molar-refractivity contribution in [1.29, 1.82) is 0 Å². The fourth-order valence-electron chi connectivity index (χ4n) is 2.31. The molecule has 1 aromatic rings. The first-order chi connectivity index (χ1) is 9.32. The molecule has 3 heterocycles. The lowest BCUT2D eigenvalue weighted by atomic mass is 9.78. The molecule has 2 aliphatic rings. The minimum absolute atomic E-state index is 0.282. The maximum absolute atomic E-state index is 6.50. The fourth-order valence-corrected chi connectivity index (χ4v) is 2.66. The minimum atomic E-state index is -0.449. The van der Waals surface area contributed by atoms with Gasteiger partial charge in [-0.05, 0) is 33.8 Å². The normalized spacial score (nSPS) is 24.8. The molecular weight excluding hydrogens is 276 g/mol. The van der Waals surface area contributed by atoms with E-state index in [1.807, 2.05) is 33.8 Å². The molecule has 0 amide bonds. The molecule has 20 heavy (non-hydrogen) atoms. The van der Waals surface area contributed by atoms with E-state index in [-0.39, 0.29) is 17.1 Å². The van der Waals surface area contributed by atoms with Crippen LogP contribution < -0.4 is 5.46 Å². The molecular formula is C14H19BClNO3. The number of ether oxygens (including phenoxy) is 1. The van der Waals surface area contributed by atoms with E-state index in [1.165, 1.54) is 0 Å². The Morgan fingerprint density at radius 3 is 2.30 bits per heavy atom. The zero-order valence-electron chi connectivity index (χ0n) is 12.3. The molecule has 0 aromatic carbocycles. The van der Waals surface area contributed by atoms with Crippen LogP contribution in [0.2, 0.25) is 5.02 Å². The Labute approximate surface area is 124 Å². The predicted molar refractivity (Wildman–Crippen MR) is 78.5 cm³/mol. The highest BCUT2D eigenvalue weighted by Gasteiger charge is 2.52. The van der Waals surface area contributed by atoms with E-state index in [4.69, 9.17) is 25.6 Å². The van der Waals surface area contributed by atoms with Crippen LogP contribution in [0.5, 0.6) is 0 Å². The third-order valence-corrected chi connectivity index (χ3v) is 4.89. The Morgan fingerprint density at radius 2 is 1.80 bits per heavy atom. The maximum atomic E-state index is 6.50. The maximum Gasteiger partial charge on any atom is 0.496 e. The lowest BCUT2D eigenvalue weighted by molar-refractivity contribution is 0.00578. The quantitative estimate of drug-likeness (QED) is 0.784. The van der Waals surface area contributed by atoms with Gasteiger partial charge in [-0.3, -0.25) is 4.98 Å². The summed E-state index contributed by atoms with van der Waals surface area (Å²) in [5.41, 5.74) is 0.987. The van der Waals surface area contributed by atoms with Crippen LogP contribution in [-0.2, 0) is 14.0 Å². The number of hydrogen-bond acceptors (Lipinski definition) is 4. The van der Waals surface area contributed by atoms with Crippen molar-refractivity contribution in [2.24, 2.45) is 0 Å². The van der Waals surface area contributed by atoms with Crippen LogP contribution in [0.1, 0.15) is 39.3 Å². The van der Waals surface area contributed by atoms with E-state index in [0.29, 0.717) is 18.2 Å². The van der Waals surface area contributed by atoms with Crippen molar-refractivity contribution < 1.29 is 14.0 Å². The second kappa shape index (κ2) is 4.70. The summed E-state index contributed by atoms with van der Waals surface area (Å²) in [5.74, 6) is 0.282. The topological polar surface area (TPSA) is 40.6 Å². The zero-order chi connectivity index (χ0) is 14.5. The minimum Gasteiger partial charge on any atom is -0.399 e. The van der Waals surface area contributed by atoms with Gasteiger partial charge in [0.2, 0.25) is 0 Å². The number of pyridine rings is 1. The SMILES string of the molecule is CC1(C)OB(c2ccnc(C3COC3)c2Cl)OC1(C)C. The van der Waals surface area contributed by atoms with Crippen LogP contribution in [0.3, 0.4) is 0 Å². The molecule has 108 valence electrons. The smallest absolute Gasteiger partial charge is 0.399 e. The first-order valence-electron chi connectivity index (χ1n) is 6.89. The summed E-state index contributed by atoms with van der Waals surface area (Å²) in [5, 5.41) is 0.638. The van der Waals surface area contributed by atoms with Crippen molar-refractivity contribution in [3.8, 4) is 0 Å². The van der Waals surface area contributed by atoms with Crippen molar-refractivity contribution >= 4 is 24.2 Å². The summed E-state index contributed by atoms with van der Waals surface area (Å²) in [4.78, 5) is 4.38. The molecule has 6 heteroatoms. The third-order valence-electron chi connectivity index (χ3n) is 4.48. The summed E-state index contributed by atoms with van der Waals surface area (Å²) in [7, 11) is -0.449. The average molecular weight is 296 g/mol. The second-order valence-corrected chi connectivity index (χ2v) is 6.80. The molecule has 0 spiro atoms. The molecule has 3 rings (SSSR count). The second-order valence-electron chi connectivity index (χ2n) is 6.42. The van der Waals surface area contributed by atoms with Gasteiger partial charge in [0.15, 0.2) is 0 Å². The number of rotatable bonds is 2. The Bertz CT molecular complexity index is 515. The van der Waals surface area contributed by atoms with Crippen LogP contribution in [0.25, 0.3) is 0 Å². The zero-order valence-corrected chi connectivity index (χ0v) is 13.0. The lowest BCUT2D eigenvalue weighted by Crippen LogP contribution is -2.41. The third kappa shape index (κ3) is 2.17. The Balaban J connectivity index is 1.92. The highest BCUT2D eigenvalue weighted by molar-refractivity contribution is 6.65. The van der Waals surface area contributed by atoms with Gasteiger partial charge in [0.1, 0.15) is 0 Å². The number of halogens is 1. The van der Waals surface area contributed by atoms with Crippen LogP contribution in [0.15, 0.2) is 12.3 Å². The molecule has 0 saturated carbocycles. The molecule has 4 nitrogen and oxygen atoms in total. The Kier molecular flexibility index (Phi) is 3.37. The van der Waals surface area contributed by atoms with Gasteiger partial charge in [-0.25, -0.2) is 0 Å². The van der Waals surface area contributed by atoms with E-state index in [0.717, 1.165) is 11.2 Å². The van der Waals surface area contributed by atoms with Crippen molar-refractivity contribution in [2.75, 3.05) is 13.2 Å². The van der Waals surface area contributed by atoms with Crippen molar-refractivity contribution in [1.82, 2.24) is 4.98 Å². The van der Waals surface area contributed by atoms with Gasteiger partial charge in [-0.2, -0.15) is 0 Å². The van der Waals surface area contributed by atoms with Crippen LogP contribution in [0, 0.1) is 0 Å². The largest absolute Gasteiger partial charge is 0.496 e. The van der Waals surface area contributed by atoms with Crippen LogP contribution >= 0.6 is 11.6 Å². The first kappa shape index (κ1) is 14.3. The van der Waals surface area contributed by atoms with Crippen molar-refractivity contribution in [2.45, 2.75) is 44.8 Å². The van der Waals surface area contributed by atoms with E-state index >= 15 is 0 Å². The molecule has 1 aromatic heterocycles. The summed E-state index contributed by atoms with van der Waals surface area (Å²) in [6.45, 7) is 9.48. The monoisotopic (exact) mass is 295 g/mol. The molecule has 2 fully saturated rings. The summed E-state index contributed by atoms with van der Waals surface area (Å²) in [6, 6.07) is 1.87. The van der Waals surface area contributed by atoms with E-state index in [9.17, 15) is 0 Å². The van der Waals surface area contributed by atoms with Gasteiger partial charge in [0.25, 0.3) is 0 Å². The number of nitrogens with zero attached hydrogens (tertiary/aromatic N) is 1. The van der Waals surface area contributed by atoms with Gasteiger partial charge in [-0.1, -0.05) is 11.6 Å². The van der Waals surface area contributed by atoms with E-state index < -0.39 is 7.12 Å². The highest BCUT2D eigenvalue weighted by Crippen LogP contribution is 2.37. The molecule has 0 bridgehead atoms. The average Bonchev–Trinajstić information content (AvgIpc) is 2.48. The Hall–Kier alpha value is -0.615. The summed E-state index contributed by atoms with van der Waals surface area (Å²) in [6.07, 6.45) is 1.76. The molecule has 0 aliphatic carbocycles. The first-order valence-corrected chi connectivity index (χ1v) is 7.27. The Morgan fingerprint density at radius 1 is 1.20 bits per heavy atom. The van der Waals surface area contributed by atoms with Crippen molar-refractivity contribution in [3.63, 3.8) is 0 Å². The molecule has 0 N–H and O–H groups in total. The summed E-state index contributed by atoms with van der Waals surface area (Å²) < 4.78 is 17.3. The molecule has 0 unspecified atom stereocenters. The molecule has 0 atom stereocenters. The van der Waals surface area contributed by atoms with Gasteiger partial charge in [-0.15, -0.1) is 0 Å². The highest BCUT2D eigenvalue weighted by atomic mass is 35.5. The predicted octanol–water partition coefficient (Wildman–Crippen LogP) is 2.15. The van der Waals surface area contributed by atoms with Gasteiger partial charge in [0, 0.05) is 17.6 Å². The van der Waals surface area contributed by atoms with Crippen LogP contribution in [-0.4, -0.2) is 36.5 Å². The molecule has 2 saturated heterocycles. The summed E-state index contributed by atoms with van der Waals surface area (Å²) >= 11 is 6.50.